The highest BCUT2D eigenvalue weighted by Crippen LogP contribution is 2.25. The second-order valence-electron chi connectivity index (χ2n) is 6.48. The van der Waals surface area contributed by atoms with Crippen molar-refractivity contribution < 1.29 is 0 Å². The van der Waals surface area contributed by atoms with Gasteiger partial charge in [0.05, 0.1) is 6.04 Å². The fourth-order valence-corrected chi connectivity index (χ4v) is 2.91. The zero-order valence-corrected chi connectivity index (χ0v) is 15.4. The molecule has 0 aliphatic heterocycles. The van der Waals surface area contributed by atoms with E-state index in [1.165, 1.54) is 22.3 Å². The number of benzene rings is 2. The molecule has 3 heteroatoms. The van der Waals surface area contributed by atoms with E-state index in [1.54, 1.807) is 0 Å². The van der Waals surface area contributed by atoms with Crippen LogP contribution in [0.25, 0.3) is 0 Å². The third-order valence-electron chi connectivity index (χ3n) is 4.24. The predicted molar refractivity (Wildman–Crippen MR) is 104 cm³/mol. The van der Waals surface area contributed by atoms with Gasteiger partial charge in [-0.2, -0.15) is 0 Å². The van der Waals surface area contributed by atoms with Gasteiger partial charge in [-0.25, -0.2) is 0 Å². The van der Waals surface area contributed by atoms with E-state index < -0.39 is 0 Å². The quantitative estimate of drug-likeness (QED) is 0.746. The molecule has 0 radical (unpaired) electrons. The summed E-state index contributed by atoms with van der Waals surface area (Å²) in [4.78, 5) is 0. The lowest BCUT2D eigenvalue weighted by Gasteiger charge is -2.26. The molecule has 0 bridgehead atoms. The first-order chi connectivity index (χ1) is 10.9. The Morgan fingerprint density at radius 3 is 2.22 bits per heavy atom. The van der Waals surface area contributed by atoms with Crippen LogP contribution in [0.5, 0.6) is 0 Å². The van der Waals surface area contributed by atoms with E-state index in [0.717, 1.165) is 5.69 Å². The van der Waals surface area contributed by atoms with Gasteiger partial charge in [-0.1, -0.05) is 44.2 Å². The summed E-state index contributed by atoms with van der Waals surface area (Å²) in [6.45, 7) is 10.8. The van der Waals surface area contributed by atoms with Gasteiger partial charge in [-0.15, -0.1) is 0 Å². The van der Waals surface area contributed by atoms with Crippen LogP contribution in [0.2, 0.25) is 0 Å². The van der Waals surface area contributed by atoms with E-state index in [9.17, 15) is 0 Å². The van der Waals surface area contributed by atoms with E-state index in [1.807, 2.05) is 0 Å². The monoisotopic (exact) mass is 326 g/mol. The second-order valence-corrected chi connectivity index (χ2v) is 6.88. The van der Waals surface area contributed by atoms with Crippen LogP contribution in [-0.4, -0.2) is 5.11 Å². The van der Waals surface area contributed by atoms with E-state index in [4.69, 9.17) is 12.2 Å². The standard InChI is InChI=1S/C20H26N2S/c1-13(2)19(18-9-7-6-8-15(18)4)22-20(23)21-17-11-10-14(3)16(5)12-17/h6-13,19H,1-5H3,(H2,21,22,23). The Morgan fingerprint density at radius 2 is 1.61 bits per heavy atom. The maximum Gasteiger partial charge on any atom is 0.171 e. The van der Waals surface area contributed by atoms with Crippen LogP contribution in [0.15, 0.2) is 42.5 Å². The minimum absolute atomic E-state index is 0.197. The number of rotatable bonds is 4. The lowest BCUT2D eigenvalue weighted by atomic mass is 9.93. The Kier molecular flexibility index (Phi) is 5.78. The highest BCUT2D eigenvalue weighted by atomic mass is 32.1. The third-order valence-corrected chi connectivity index (χ3v) is 4.46. The number of anilines is 1. The van der Waals surface area contributed by atoms with Crippen LogP contribution in [0.1, 0.15) is 42.1 Å². The van der Waals surface area contributed by atoms with Crippen LogP contribution < -0.4 is 10.6 Å². The van der Waals surface area contributed by atoms with Gasteiger partial charge in [0, 0.05) is 5.69 Å². The molecule has 0 spiro atoms. The molecule has 2 nitrogen and oxygen atoms in total. The molecule has 2 N–H and O–H groups in total. The summed E-state index contributed by atoms with van der Waals surface area (Å²) in [6, 6.07) is 15.0. The second kappa shape index (κ2) is 7.60. The average Bonchev–Trinajstić information content (AvgIpc) is 2.49. The normalized spacial score (nSPS) is 12.1. The molecule has 0 aromatic heterocycles. The summed E-state index contributed by atoms with van der Waals surface area (Å²) in [5, 5.41) is 7.44. The Balaban J connectivity index is 2.12. The number of nitrogens with one attached hydrogen (secondary N) is 2. The fraction of sp³-hybridized carbons (Fsp3) is 0.350. The average molecular weight is 327 g/mol. The Morgan fingerprint density at radius 1 is 0.913 bits per heavy atom. The molecule has 2 rings (SSSR count). The van der Waals surface area contributed by atoms with Crippen molar-refractivity contribution >= 4 is 23.0 Å². The number of hydrogen-bond acceptors (Lipinski definition) is 1. The van der Waals surface area contributed by atoms with Crippen molar-refractivity contribution in [2.24, 2.45) is 5.92 Å². The van der Waals surface area contributed by atoms with Crippen molar-refractivity contribution in [3.8, 4) is 0 Å². The minimum atomic E-state index is 0.197. The van der Waals surface area contributed by atoms with E-state index in [-0.39, 0.29) is 6.04 Å². The van der Waals surface area contributed by atoms with Gasteiger partial charge in [-0.05, 0) is 73.3 Å². The van der Waals surface area contributed by atoms with Crippen molar-refractivity contribution in [1.82, 2.24) is 5.32 Å². The lowest BCUT2D eigenvalue weighted by molar-refractivity contribution is 0.471. The van der Waals surface area contributed by atoms with Gasteiger partial charge in [0.2, 0.25) is 0 Å². The van der Waals surface area contributed by atoms with Crippen LogP contribution in [0.3, 0.4) is 0 Å². The van der Waals surface area contributed by atoms with Gasteiger partial charge in [0.15, 0.2) is 5.11 Å². The molecule has 0 aliphatic carbocycles. The third kappa shape index (κ3) is 4.55. The molecule has 0 amide bonds. The highest BCUT2D eigenvalue weighted by molar-refractivity contribution is 7.80. The zero-order chi connectivity index (χ0) is 17.0. The highest BCUT2D eigenvalue weighted by Gasteiger charge is 2.18. The first-order valence-electron chi connectivity index (χ1n) is 8.08. The summed E-state index contributed by atoms with van der Waals surface area (Å²) < 4.78 is 0. The van der Waals surface area contributed by atoms with Gasteiger partial charge in [-0.3, -0.25) is 0 Å². The van der Waals surface area contributed by atoms with Crippen LogP contribution in [0.4, 0.5) is 5.69 Å². The molecule has 2 aromatic rings. The van der Waals surface area contributed by atoms with Crippen LogP contribution >= 0.6 is 12.2 Å². The number of aryl methyl sites for hydroxylation is 3. The van der Waals surface area contributed by atoms with Gasteiger partial charge < -0.3 is 10.6 Å². The number of thiocarbonyl (C=S) groups is 1. The fourth-order valence-electron chi connectivity index (χ4n) is 2.67. The molecule has 0 saturated heterocycles. The van der Waals surface area contributed by atoms with E-state index in [0.29, 0.717) is 11.0 Å². The molecule has 1 atom stereocenters. The van der Waals surface area contributed by atoms with Crippen LogP contribution in [-0.2, 0) is 0 Å². The van der Waals surface area contributed by atoms with E-state index >= 15 is 0 Å². The minimum Gasteiger partial charge on any atom is -0.355 e. The van der Waals surface area contributed by atoms with Gasteiger partial charge >= 0.3 is 0 Å². The first-order valence-corrected chi connectivity index (χ1v) is 8.49. The summed E-state index contributed by atoms with van der Waals surface area (Å²) in [7, 11) is 0. The molecule has 0 saturated carbocycles. The van der Waals surface area contributed by atoms with Crippen molar-refractivity contribution in [3.63, 3.8) is 0 Å². The first kappa shape index (κ1) is 17.5. The summed E-state index contributed by atoms with van der Waals surface area (Å²) in [5.74, 6) is 0.440. The molecule has 122 valence electrons. The smallest absolute Gasteiger partial charge is 0.171 e. The predicted octanol–water partition coefficient (Wildman–Crippen LogP) is 5.30. The maximum atomic E-state index is 5.53. The molecular weight excluding hydrogens is 300 g/mol. The zero-order valence-electron chi connectivity index (χ0n) is 14.6. The van der Waals surface area contributed by atoms with Crippen molar-refractivity contribution in [2.75, 3.05) is 5.32 Å². The van der Waals surface area contributed by atoms with Crippen molar-refractivity contribution in [2.45, 2.75) is 40.7 Å². The van der Waals surface area contributed by atoms with Crippen LogP contribution in [0, 0.1) is 26.7 Å². The van der Waals surface area contributed by atoms with Crippen molar-refractivity contribution in [1.29, 1.82) is 0 Å². The Labute approximate surface area is 145 Å². The lowest BCUT2D eigenvalue weighted by Crippen LogP contribution is -2.35. The summed E-state index contributed by atoms with van der Waals surface area (Å²) in [6.07, 6.45) is 0. The SMILES string of the molecule is Cc1ccc(NC(=S)NC(c2ccccc2C)C(C)C)cc1C. The molecule has 1 unspecified atom stereocenters. The molecule has 2 aromatic carbocycles. The van der Waals surface area contributed by atoms with Gasteiger partial charge in [0.1, 0.15) is 0 Å². The Bertz CT molecular complexity index is 692. The molecule has 0 fully saturated rings. The Hall–Kier alpha value is -1.87. The molecule has 0 aliphatic rings. The molecule has 0 heterocycles. The molecular formula is C20H26N2S. The largest absolute Gasteiger partial charge is 0.355 e. The topological polar surface area (TPSA) is 24.1 Å². The maximum absolute atomic E-state index is 5.53. The van der Waals surface area contributed by atoms with Crippen molar-refractivity contribution in [3.05, 3.63) is 64.7 Å². The summed E-state index contributed by atoms with van der Waals surface area (Å²) in [5.41, 5.74) is 6.16. The van der Waals surface area contributed by atoms with Gasteiger partial charge in [0.25, 0.3) is 0 Å². The van der Waals surface area contributed by atoms with E-state index in [2.05, 4.69) is 87.7 Å². The summed E-state index contributed by atoms with van der Waals surface area (Å²) >= 11 is 5.53. The number of hydrogen-bond donors (Lipinski definition) is 2. The molecule has 23 heavy (non-hydrogen) atoms.